The van der Waals surface area contributed by atoms with E-state index in [0.717, 1.165) is 5.56 Å². The molecule has 3 rings (SSSR count). The fourth-order valence-corrected chi connectivity index (χ4v) is 2.70. The standard InChI is InChI=1S/C20H20FN3O4.C2H6/c1-13-18(12-28-16-5-3-4-14(10-16)6-9-20(25)26)22-23-24(13)19-11-15(27-2)7-8-17(19)21;1-2/h3-5,7-8,10-11H,6,9,12H2,1-2H3,(H,25,26);1-2H3. The molecule has 0 fully saturated rings. The van der Waals surface area contributed by atoms with Crippen molar-refractivity contribution in [1.29, 1.82) is 0 Å². The lowest BCUT2D eigenvalue weighted by molar-refractivity contribution is -0.136. The molecule has 3 aromatic rings. The van der Waals surface area contributed by atoms with Crippen molar-refractivity contribution in [3.63, 3.8) is 0 Å². The third kappa shape index (κ3) is 5.79. The molecule has 0 unspecified atom stereocenters. The van der Waals surface area contributed by atoms with Crippen LogP contribution in [0.5, 0.6) is 11.5 Å². The first kappa shape index (κ1) is 22.9. The van der Waals surface area contributed by atoms with Gasteiger partial charge in [-0.2, -0.15) is 0 Å². The number of methoxy groups -OCH3 is 1. The van der Waals surface area contributed by atoms with Crippen molar-refractivity contribution >= 4 is 5.97 Å². The van der Waals surface area contributed by atoms with Gasteiger partial charge in [-0.1, -0.05) is 31.2 Å². The zero-order chi connectivity index (χ0) is 22.1. The van der Waals surface area contributed by atoms with Crippen LogP contribution in [0.2, 0.25) is 0 Å². The Hall–Kier alpha value is -3.42. The summed E-state index contributed by atoms with van der Waals surface area (Å²) in [7, 11) is 1.51. The Morgan fingerprint density at radius 2 is 1.93 bits per heavy atom. The molecule has 0 bridgehead atoms. The molecule has 0 saturated heterocycles. The van der Waals surface area contributed by atoms with Gasteiger partial charge in [0.25, 0.3) is 0 Å². The zero-order valence-corrected chi connectivity index (χ0v) is 17.6. The molecule has 1 heterocycles. The van der Waals surface area contributed by atoms with E-state index in [9.17, 15) is 9.18 Å². The fourth-order valence-electron chi connectivity index (χ4n) is 2.70. The van der Waals surface area contributed by atoms with E-state index in [1.54, 1.807) is 25.1 Å². The van der Waals surface area contributed by atoms with E-state index in [2.05, 4.69) is 10.3 Å². The summed E-state index contributed by atoms with van der Waals surface area (Å²) in [4.78, 5) is 10.7. The van der Waals surface area contributed by atoms with Crippen LogP contribution in [-0.2, 0) is 17.8 Å². The largest absolute Gasteiger partial charge is 0.497 e. The lowest BCUT2D eigenvalue weighted by Crippen LogP contribution is -2.04. The lowest BCUT2D eigenvalue weighted by atomic mass is 10.1. The van der Waals surface area contributed by atoms with Crippen molar-refractivity contribution in [2.75, 3.05) is 7.11 Å². The van der Waals surface area contributed by atoms with E-state index in [-0.39, 0.29) is 18.7 Å². The number of aryl methyl sites for hydroxylation is 1. The van der Waals surface area contributed by atoms with Crippen LogP contribution < -0.4 is 9.47 Å². The highest BCUT2D eigenvalue weighted by Gasteiger charge is 2.15. The third-order valence-electron chi connectivity index (χ3n) is 4.27. The minimum absolute atomic E-state index is 0.0585. The maximum absolute atomic E-state index is 14.2. The number of hydrogen-bond acceptors (Lipinski definition) is 5. The van der Waals surface area contributed by atoms with Gasteiger partial charge in [0.05, 0.1) is 12.8 Å². The summed E-state index contributed by atoms with van der Waals surface area (Å²) in [6.45, 7) is 5.93. The molecule has 160 valence electrons. The van der Waals surface area contributed by atoms with Gasteiger partial charge >= 0.3 is 5.97 Å². The van der Waals surface area contributed by atoms with E-state index in [1.807, 2.05) is 26.0 Å². The van der Waals surface area contributed by atoms with Crippen molar-refractivity contribution in [2.24, 2.45) is 0 Å². The molecule has 0 atom stereocenters. The molecule has 2 aromatic carbocycles. The molecule has 30 heavy (non-hydrogen) atoms. The molecule has 1 N–H and O–H groups in total. The number of carbonyl (C=O) groups is 1. The normalized spacial score (nSPS) is 10.2. The Bertz CT molecular complexity index is 988. The van der Waals surface area contributed by atoms with Gasteiger partial charge in [-0.05, 0) is 43.2 Å². The maximum Gasteiger partial charge on any atom is 0.303 e. The van der Waals surface area contributed by atoms with Crippen LogP contribution in [0.25, 0.3) is 5.69 Å². The monoisotopic (exact) mass is 415 g/mol. The number of aliphatic carboxylic acids is 1. The summed E-state index contributed by atoms with van der Waals surface area (Å²) >= 11 is 0. The predicted octanol–water partition coefficient (Wildman–Crippen LogP) is 4.35. The Balaban J connectivity index is 0.00000155. The number of nitrogens with zero attached hydrogens (tertiary/aromatic N) is 3. The molecule has 0 aliphatic carbocycles. The van der Waals surface area contributed by atoms with Gasteiger partial charge in [0.2, 0.25) is 0 Å². The van der Waals surface area contributed by atoms with Crippen molar-refractivity contribution in [1.82, 2.24) is 15.0 Å². The second-order valence-corrected chi connectivity index (χ2v) is 6.18. The number of ether oxygens (including phenoxy) is 2. The van der Waals surface area contributed by atoms with Crippen LogP contribution in [-0.4, -0.2) is 33.2 Å². The predicted molar refractivity (Wildman–Crippen MR) is 111 cm³/mol. The van der Waals surface area contributed by atoms with Crippen molar-refractivity contribution in [3.8, 4) is 17.2 Å². The lowest BCUT2D eigenvalue weighted by Gasteiger charge is -2.09. The fraction of sp³-hybridized carbons (Fsp3) is 0.318. The van der Waals surface area contributed by atoms with Crippen LogP contribution in [0.3, 0.4) is 0 Å². The molecule has 0 aliphatic rings. The zero-order valence-electron chi connectivity index (χ0n) is 17.6. The van der Waals surface area contributed by atoms with Crippen LogP contribution in [0.15, 0.2) is 42.5 Å². The number of halogens is 1. The molecular formula is C22H26FN3O4. The van der Waals surface area contributed by atoms with Gasteiger partial charge < -0.3 is 14.6 Å². The highest BCUT2D eigenvalue weighted by molar-refractivity contribution is 5.67. The highest BCUT2D eigenvalue weighted by Crippen LogP contribution is 2.22. The van der Waals surface area contributed by atoms with Gasteiger partial charge in [0, 0.05) is 12.5 Å². The summed E-state index contributed by atoms with van der Waals surface area (Å²) in [5.41, 5.74) is 2.33. The number of carboxylic acid groups (broad SMARTS) is 1. The quantitative estimate of drug-likeness (QED) is 0.589. The summed E-state index contributed by atoms with van der Waals surface area (Å²) in [5.74, 6) is -0.164. The SMILES string of the molecule is CC.COc1ccc(F)c(-n2nnc(COc3cccc(CCC(=O)O)c3)c2C)c1. The van der Waals surface area contributed by atoms with Gasteiger partial charge in [-0.25, -0.2) is 9.07 Å². The van der Waals surface area contributed by atoms with Crippen LogP contribution in [0.4, 0.5) is 4.39 Å². The molecular weight excluding hydrogens is 389 g/mol. The van der Waals surface area contributed by atoms with Crippen molar-refractivity contribution in [3.05, 3.63) is 65.2 Å². The summed E-state index contributed by atoms with van der Waals surface area (Å²) in [6, 6.07) is 11.6. The molecule has 8 heteroatoms. The van der Waals surface area contributed by atoms with Crippen LogP contribution in [0, 0.1) is 12.7 Å². The Morgan fingerprint density at radius 3 is 2.63 bits per heavy atom. The molecule has 0 spiro atoms. The topological polar surface area (TPSA) is 86.5 Å². The van der Waals surface area contributed by atoms with Crippen LogP contribution >= 0.6 is 0 Å². The van der Waals surface area contributed by atoms with Gasteiger partial charge in [0.15, 0.2) is 0 Å². The molecule has 0 amide bonds. The number of benzene rings is 2. The average molecular weight is 415 g/mol. The number of hydrogen-bond donors (Lipinski definition) is 1. The molecule has 0 radical (unpaired) electrons. The second kappa shape index (κ2) is 10.9. The van der Waals surface area contributed by atoms with Crippen molar-refractivity contribution < 1.29 is 23.8 Å². The van der Waals surface area contributed by atoms with E-state index in [0.29, 0.717) is 29.3 Å². The summed E-state index contributed by atoms with van der Waals surface area (Å²) in [5, 5.41) is 16.9. The minimum atomic E-state index is -0.844. The number of rotatable bonds is 8. The molecule has 7 nitrogen and oxygen atoms in total. The van der Waals surface area contributed by atoms with Gasteiger partial charge in [-0.3, -0.25) is 4.79 Å². The second-order valence-electron chi connectivity index (χ2n) is 6.18. The van der Waals surface area contributed by atoms with E-state index < -0.39 is 11.8 Å². The molecule has 0 aliphatic heterocycles. The Labute approximate surface area is 175 Å². The Morgan fingerprint density at radius 1 is 1.17 bits per heavy atom. The smallest absolute Gasteiger partial charge is 0.303 e. The van der Waals surface area contributed by atoms with E-state index in [1.165, 1.54) is 23.9 Å². The first-order valence-electron chi connectivity index (χ1n) is 9.66. The third-order valence-corrected chi connectivity index (χ3v) is 4.27. The minimum Gasteiger partial charge on any atom is -0.497 e. The van der Waals surface area contributed by atoms with Gasteiger partial charge in [-0.15, -0.1) is 5.10 Å². The van der Waals surface area contributed by atoms with Crippen molar-refractivity contribution in [2.45, 2.75) is 40.2 Å². The first-order chi connectivity index (χ1) is 14.5. The highest BCUT2D eigenvalue weighted by atomic mass is 19.1. The maximum atomic E-state index is 14.2. The number of aromatic nitrogens is 3. The molecule has 1 aromatic heterocycles. The summed E-state index contributed by atoms with van der Waals surface area (Å²) in [6.07, 6.45) is 0.486. The molecule has 0 saturated carbocycles. The Kier molecular flexibility index (Phi) is 8.34. The van der Waals surface area contributed by atoms with Crippen LogP contribution in [0.1, 0.15) is 37.2 Å². The summed E-state index contributed by atoms with van der Waals surface area (Å²) < 4.78 is 26.5. The van der Waals surface area contributed by atoms with E-state index in [4.69, 9.17) is 14.6 Å². The average Bonchev–Trinajstić information content (AvgIpc) is 3.13. The van der Waals surface area contributed by atoms with E-state index >= 15 is 0 Å². The number of carboxylic acids is 1. The first-order valence-corrected chi connectivity index (χ1v) is 9.66. The van der Waals surface area contributed by atoms with Gasteiger partial charge in [0.1, 0.15) is 35.3 Å².